The van der Waals surface area contributed by atoms with Crippen molar-refractivity contribution in [1.82, 2.24) is 9.97 Å². The summed E-state index contributed by atoms with van der Waals surface area (Å²) in [4.78, 5) is 7.96. The van der Waals surface area contributed by atoms with Gasteiger partial charge < -0.3 is 10.2 Å². The van der Waals surface area contributed by atoms with Gasteiger partial charge in [-0.25, -0.2) is 9.97 Å². The van der Waals surface area contributed by atoms with Gasteiger partial charge in [0.25, 0.3) is 0 Å². The average Bonchev–Trinajstić information content (AvgIpc) is 2.72. The summed E-state index contributed by atoms with van der Waals surface area (Å²) in [6.45, 7) is 0. The predicted molar refractivity (Wildman–Crippen MR) is 61.7 cm³/mol. The van der Waals surface area contributed by atoms with Gasteiger partial charge in [0, 0.05) is 11.6 Å². The maximum atomic E-state index is 5.66. The van der Waals surface area contributed by atoms with E-state index in [0.29, 0.717) is 11.5 Å². The van der Waals surface area contributed by atoms with E-state index < -0.39 is 0 Å². The van der Waals surface area contributed by atoms with Crippen LogP contribution in [0.3, 0.4) is 0 Å². The number of hydrogen-bond acceptors (Lipinski definition) is 4. The van der Waals surface area contributed by atoms with E-state index in [1.165, 1.54) is 0 Å². The molecule has 0 saturated carbocycles. The Bertz CT molecular complexity index is 612. The van der Waals surface area contributed by atoms with Crippen molar-refractivity contribution < 1.29 is 4.42 Å². The Morgan fingerprint density at radius 3 is 2.81 bits per heavy atom. The first-order valence-corrected chi connectivity index (χ1v) is 4.90. The van der Waals surface area contributed by atoms with E-state index in [1.807, 2.05) is 30.3 Å². The van der Waals surface area contributed by atoms with Gasteiger partial charge in [-0.15, -0.1) is 0 Å². The second-order valence-corrected chi connectivity index (χ2v) is 3.45. The molecule has 3 rings (SSSR count). The first-order valence-electron chi connectivity index (χ1n) is 4.90. The average molecular weight is 211 g/mol. The Balaban J connectivity index is 2.19. The first kappa shape index (κ1) is 8.91. The number of anilines is 1. The lowest BCUT2D eigenvalue weighted by Gasteiger charge is -1.95. The highest BCUT2D eigenvalue weighted by Crippen LogP contribution is 2.26. The number of rotatable bonds is 1. The van der Waals surface area contributed by atoms with E-state index in [1.54, 1.807) is 12.3 Å². The molecule has 2 N–H and O–H groups in total. The zero-order valence-electron chi connectivity index (χ0n) is 8.42. The number of nitrogens with two attached hydrogens (primary N) is 1. The van der Waals surface area contributed by atoms with Crippen molar-refractivity contribution in [2.75, 3.05) is 5.73 Å². The lowest BCUT2D eigenvalue weighted by atomic mass is 10.2. The molecule has 0 unspecified atom stereocenters. The first-order chi connectivity index (χ1) is 7.83. The number of para-hydroxylation sites is 1. The lowest BCUT2D eigenvalue weighted by Crippen LogP contribution is -1.94. The van der Waals surface area contributed by atoms with E-state index in [4.69, 9.17) is 10.2 Å². The Hall–Kier alpha value is -2.36. The molecule has 16 heavy (non-hydrogen) atoms. The number of fused-ring (bicyclic) bond motifs is 1. The molecule has 0 aliphatic rings. The van der Waals surface area contributed by atoms with Crippen LogP contribution in [0.25, 0.3) is 22.4 Å². The third kappa shape index (κ3) is 1.40. The molecular formula is C12H9N3O. The standard InChI is InChI=1S/C12H9N3O/c13-12-14-6-5-9(15-12)11-7-8-3-1-2-4-10(8)16-11/h1-7H,(H2,13,14,15). The molecule has 0 atom stereocenters. The predicted octanol–water partition coefficient (Wildman–Crippen LogP) is 2.47. The van der Waals surface area contributed by atoms with E-state index in [2.05, 4.69) is 9.97 Å². The summed E-state index contributed by atoms with van der Waals surface area (Å²) in [6.07, 6.45) is 1.62. The number of hydrogen-bond donors (Lipinski definition) is 1. The molecule has 0 aliphatic carbocycles. The van der Waals surface area contributed by atoms with E-state index in [9.17, 15) is 0 Å². The van der Waals surface area contributed by atoms with Gasteiger partial charge in [-0.05, 0) is 18.2 Å². The van der Waals surface area contributed by atoms with Gasteiger partial charge in [-0.3, -0.25) is 0 Å². The largest absolute Gasteiger partial charge is 0.454 e. The van der Waals surface area contributed by atoms with Crippen LogP contribution in [-0.4, -0.2) is 9.97 Å². The fraction of sp³-hybridized carbons (Fsp3) is 0. The molecule has 4 nitrogen and oxygen atoms in total. The van der Waals surface area contributed by atoms with Crippen molar-refractivity contribution in [2.24, 2.45) is 0 Å². The van der Waals surface area contributed by atoms with Gasteiger partial charge in [-0.1, -0.05) is 18.2 Å². The van der Waals surface area contributed by atoms with Gasteiger partial charge in [0.1, 0.15) is 11.3 Å². The lowest BCUT2D eigenvalue weighted by molar-refractivity contribution is 0.628. The van der Waals surface area contributed by atoms with Gasteiger partial charge in [0.05, 0.1) is 0 Å². The molecule has 1 aromatic carbocycles. The molecule has 0 spiro atoms. The van der Waals surface area contributed by atoms with E-state index in [0.717, 1.165) is 11.0 Å². The van der Waals surface area contributed by atoms with Crippen LogP contribution >= 0.6 is 0 Å². The molecule has 0 radical (unpaired) electrons. The van der Waals surface area contributed by atoms with Crippen molar-refractivity contribution in [3.63, 3.8) is 0 Å². The summed E-state index contributed by atoms with van der Waals surface area (Å²) >= 11 is 0. The summed E-state index contributed by atoms with van der Waals surface area (Å²) in [7, 11) is 0. The number of furan rings is 1. The van der Waals surface area contributed by atoms with Crippen LogP contribution in [0.2, 0.25) is 0 Å². The van der Waals surface area contributed by atoms with E-state index >= 15 is 0 Å². The molecular weight excluding hydrogens is 202 g/mol. The Kier molecular flexibility index (Phi) is 1.86. The quantitative estimate of drug-likeness (QED) is 0.671. The molecule has 2 heterocycles. The third-order valence-corrected chi connectivity index (χ3v) is 2.35. The smallest absolute Gasteiger partial charge is 0.220 e. The van der Waals surface area contributed by atoms with Gasteiger partial charge in [0.2, 0.25) is 5.95 Å². The molecule has 78 valence electrons. The number of nitrogens with zero attached hydrogens (tertiary/aromatic N) is 2. The van der Waals surface area contributed by atoms with Crippen LogP contribution < -0.4 is 5.73 Å². The SMILES string of the molecule is Nc1nccc(-c2cc3ccccc3o2)n1. The Morgan fingerprint density at radius 1 is 1.12 bits per heavy atom. The summed E-state index contributed by atoms with van der Waals surface area (Å²) in [5, 5.41) is 1.05. The Labute approximate surface area is 91.7 Å². The number of nitrogen functional groups attached to an aromatic ring is 1. The second kappa shape index (κ2) is 3.34. The summed E-state index contributed by atoms with van der Waals surface area (Å²) in [6, 6.07) is 11.5. The minimum atomic E-state index is 0.248. The van der Waals surface area contributed by atoms with Crippen LogP contribution in [-0.2, 0) is 0 Å². The second-order valence-electron chi connectivity index (χ2n) is 3.45. The molecule has 0 amide bonds. The molecule has 0 saturated heterocycles. The highest BCUT2D eigenvalue weighted by molar-refractivity contribution is 5.82. The monoisotopic (exact) mass is 211 g/mol. The summed E-state index contributed by atoms with van der Waals surface area (Å²) in [5.41, 5.74) is 7.07. The fourth-order valence-electron chi connectivity index (χ4n) is 1.62. The van der Waals surface area contributed by atoms with Crippen LogP contribution in [0.15, 0.2) is 47.0 Å². The topological polar surface area (TPSA) is 64.9 Å². The maximum Gasteiger partial charge on any atom is 0.220 e. The zero-order chi connectivity index (χ0) is 11.0. The molecule has 2 aromatic heterocycles. The summed E-state index contributed by atoms with van der Waals surface area (Å²) < 4.78 is 5.66. The maximum absolute atomic E-state index is 5.66. The van der Waals surface area contributed by atoms with Crippen molar-refractivity contribution in [1.29, 1.82) is 0 Å². The Morgan fingerprint density at radius 2 is 2.00 bits per heavy atom. The fourth-order valence-corrected chi connectivity index (χ4v) is 1.62. The normalized spacial score (nSPS) is 10.8. The minimum Gasteiger partial charge on any atom is -0.454 e. The van der Waals surface area contributed by atoms with Crippen LogP contribution in [0.4, 0.5) is 5.95 Å². The molecule has 0 aliphatic heterocycles. The van der Waals surface area contributed by atoms with Crippen LogP contribution in [0.5, 0.6) is 0 Å². The van der Waals surface area contributed by atoms with Crippen molar-refractivity contribution in [3.05, 3.63) is 42.6 Å². The van der Waals surface area contributed by atoms with Crippen molar-refractivity contribution in [3.8, 4) is 11.5 Å². The van der Waals surface area contributed by atoms with Crippen molar-refractivity contribution >= 4 is 16.9 Å². The molecule has 0 bridgehead atoms. The number of aromatic nitrogens is 2. The molecule has 3 aromatic rings. The highest BCUT2D eigenvalue weighted by Gasteiger charge is 2.06. The summed E-state index contributed by atoms with van der Waals surface area (Å²) in [5.74, 6) is 0.952. The van der Waals surface area contributed by atoms with Gasteiger partial charge in [-0.2, -0.15) is 0 Å². The molecule has 0 fully saturated rings. The minimum absolute atomic E-state index is 0.248. The van der Waals surface area contributed by atoms with E-state index in [-0.39, 0.29) is 5.95 Å². The zero-order valence-corrected chi connectivity index (χ0v) is 8.42. The number of benzene rings is 1. The van der Waals surface area contributed by atoms with Crippen LogP contribution in [0, 0.1) is 0 Å². The van der Waals surface area contributed by atoms with Crippen molar-refractivity contribution in [2.45, 2.75) is 0 Å². The molecule has 4 heteroatoms. The highest BCUT2D eigenvalue weighted by atomic mass is 16.3. The van der Waals surface area contributed by atoms with Gasteiger partial charge >= 0.3 is 0 Å². The third-order valence-electron chi connectivity index (χ3n) is 2.35. The van der Waals surface area contributed by atoms with Gasteiger partial charge in [0.15, 0.2) is 5.76 Å². The van der Waals surface area contributed by atoms with Crippen LogP contribution in [0.1, 0.15) is 0 Å².